The van der Waals surface area contributed by atoms with Gasteiger partial charge in [-0.3, -0.25) is 14.2 Å². The van der Waals surface area contributed by atoms with Crippen molar-refractivity contribution in [3.63, 3.8) is 0 Å². The highest BCUT2D eigenvalue weighted by Crippen LogP contribution is 2.28. The predicted molar refractivity (Wildman–Crippen MR) is 120 cm³/mol. The van der Waals surface area contributed by atoms with E-state index in [4.69, 9.17) is 4.42 Å². The van der Waals surface area contributed by atoms with Gasteiger partial charge in [0.15, 0.2) is 20.7 Å². The number of carbonyl (C=O) groups excluding carboxylic acids is 2. The smallest absolute Gasteiger partial charge is 0.265 e. The Morgan fingerprint density at radius 3 is 2.73 bits per heavy atom. The van der Waals surface area contributed by atoms with Gasteiger partial charge in [0.1, 0.15) is 4.88 Å². The molecule has 0 spiro atoms. The van der Waals surface area contributed by atoms with Gasteiger partial charge in [0.25, 0.3) is 5.91 Å². The average Bonchev–Trinajstić information content (AvgIpc) is 3.38. The van der Waals surface area contributed by atoms with Crippen molar-refractivity contribution in [3.05, 3.63) is 27.4 Å². The third-order valence-corrected chi connectivity index (χ3v) is 6.39. The number of hydrogen-bond acceptors (Lipinski definition) is 8. The minimum absolute atomic E-state index is 0.135. The standard InChI is InChI=1S/C18H21BrN6O3S2/c1-5-8-25-15(11-6-7-12(19)28-11)22-23-18(25)29-9-13(26)21-17-20-10(2)14(30-17)16(27)24(3)4/h6-7H,5,8-9H2,1-4H3,(H,20,21,26). The molecule has 30 heavy (non-hydrogen) atoms. The van der Waals surface area contributed by atoms with Crippen LogP contribution in [-0.2, 0) is 11.3 Å². The Kier molecular flexibility index (Phi) is 7.32. The summed E-state index contributed by atoms with van der Waals surface area (Å²) in [7, 11) is 3.36. The summed E-state index contributed by atoms with van der Waals surface area (Å²) in [6, 6.07) is 3.62. The van der Waals surface area contributed by atoms with Crippen LogP contribution in [0.3, 0.4) is 0 Å². The lowest BCUT2D eigenvalue weighted by Crippen LogP contribution is -2.21. The van der Waals surface area contributed by atoms with Gasteiger partial charge in [-0.1, -0.05) is 30.0 Å². The minimum atomic E-state index is -0.231. The van der Waals surface area contributed by atoms with Crippen LogP contribution in [0.15, 0.2) is 26.4 Å². The van der Waals surface area contributed by atoms with Gasteiger partial charge >= 0.3 is 0 Å². The molecule has 3 aromatic heterocycles. The van der Waals surface area contributed by atoms with Crippen molar-refractivity contribution >= 4 is 56.0 Å². The molecule has 0 radical (unpaired) electrons. The molecule has 0 aromatic carbocycles. The number of rotatable bonds is 8. The van der Waals surface area contributed by atoms with Crippen molar-refractivity contribution in [2.45, 2.75) is 32.0 Å². The second kappa shape index (κ2) is 9.75. The Hall–Kier alpha value is -2.18. The van der Waals surface area contributed by atoms with E-state index in [1.54, 1.807) is 27.1 Å². The number of nitrogens with zero attached hydrogens (tertiary/aromatic N) is 5. The monoisotopic (exact) mass is 512 g/mol. The number of nitrogens with one attached hydrogen (secondary N) is 1. The maximum atomic E-state index is 12.4. The lowest BCUT2D eigenvalue weighted by Gasteiger charge is -2.08. The van der Waals surface area contributed by atoms with Gasteiger partial charge in [0, 0.05) is 20.6 Å². The number of amides is 2. The molecule has 9 nitrogen and oxygen atoms in total. The summed E-state index contributed by atoms with van der Waals surface area (Å²) in [5, 5.41) is 12.2. The molecule has 0 fully saturated rings. The van der Waals surface area contributed by atoms with Crippen LogP contribution >= 0.6 is 39.0 Å². The lowest BCUT2D eigenvalue weighted by molar-refractivity contribution is -0.113. The zero-order valence-corrected chi connectivity index (χ0v) is 20.2. The van der Waals surface area contributed by atoms with Crippen molar-refractivity contribution < 1.29 is 14.0 Å². The summed E-state index contributed by atoms with van der Waals surface area (Å²) in [5.41, 5.74) is 0.596. The molecule has 3 heterocycles. The Morgan fingerprint density at radius 1 is 1.33 bits per heavy atom. The maximum Gasteiger partial charge on any atom is 0.265 e. The number of carbonyl (C=O) groups is 2. The first kappa shape index (κ1) is 22.5. The van der Waals surface area contributed by atoms with Crippen molar-refractivity contribution in [2.24, 2.45) is 0 Å². The van der Waals surface area contributed by atoms with E-state index in [2.05, 4.69) is 43.4 Å². The molecule has 3 aromatic rings. The number of thioether (sulfide) groups is 1. The number of thiazole rings is 1. The number of furan rings is 1. The van der Waals surface area contributed by atoms with Crippen molar-refractivity contribution in [1.82, 2.24) is 24.6 Å². The quantitative estimate of drug-likeness (QED) is 0.456. The molecule has 12 heteroatoms. The molecule has 0 saturated carbocycles. The SMILES string of the molecule is CCCn1c(SCC(=O)Nc2nc(C)c(C(=O)N(C)C)s2)nnc1-c1ccc(Br)o1. The summed E-state index contributed by atoms with van der Waals surface area (Å²) in [6.45, 7) is 4.51. The molecule has 160 valence electrons. The molecule has 0 aliphatic heterocycles. The normalized spacial score (nSPS) is 11.0. The highest BCUT2D eigenvalue weighted by atomic mass is 79.9. The van der Waals surface area contributed by atoms with E-state index >= 15 is 0 Å². The van der Waals surface area contributed by atoms with Gasteiger partial charge in [0.2, 0.25) is 11.7 Å². The Bertz CT molecular complexity index is 1060. The van der Waals surface area contributed by atoms with Crippen molar-refractivity contribution in [1.29, 1.82) is 0 Å². The van der Waals surface area contributed by atoms with Crippen LogP contribution in [0.5, 0.6) is 0 Å². The third kappa shape index (κ3) is 5.10. The van der Waals surface area contributed by atoms with Crippen LogP contribution in [0.2, 0.25) is 0 Å². The van der Waals surface area contributed by atoms with E-state index in [1.165, 1.54) is 28.0 Å². The zero-order chi connectivity index (χ0) is 21.8. The number of aryl methyl sites for hydroxylation is 1. The molecule has 0 bridgehead atoms. The third-order valence-electron chi connectivity index (χ3n) is 3.93. The first-order valence-electron chi connectivity index (χ1n) is 9.10. The highest BCUT2D eigenvalue weighted by molar-refractivity contribution is 9.10. The zero-order valence-electron chi connectivity index (χ0n) is 16.9. The van der Waals surface area contributed by atoms with Crippen LogP contribution in [0.1, 0.15) is 28.7 Å². The maximum absolute atomic E-state index is 12.4. The molecular formula is C18H21BrN6O3S2. The highest BCUT2D eigenvalue weighted by Gasteiger charge is 2.20. The molecule has 0 aliphatic rings. The molecule has 0 aliphatic carbocycles. The average molecular weight is 513 g/mol. The second-order valence-corrected chi connectivity index (χ2v) is 9.25. The first-order chi connectivity index (χ1) is 14.3. The first-order valence-corrected chi connectivity index (χ1v) is 11.7. The Morgan fingerprint density at radius 2 is 2.10 bits per heavy atom. The van der Waals surface area contributed by atoms with E-state index < -0.39 is 0 Å². The number of anilines is 1. The summed E-state index contributed by atoms with van der Waals surface area (Å²) in [6.07, 6.45) is 0.883. The molecule has 0 atom stereocenters. The van der Waals surface area contributed by atoms with Gasteiger partial charge in [-0.2, -0.15) is 0 Å². The van der Waals surface area contributed by atoms with E-state index in [9.17, 15) is 9.59 Å². The summed E-state index contributed by atoms with van der Waals surface area (Å²) in [4.78, 5) is 30.8. The fourth-order valence-electron chi connectivity index (χ4n) is 2.57. The van der Waals surface area contributed by atoms with Crippen molar-refractivity contribution in [3.8, 4) is 11.6 Å². The summed E-state index contributed by atoms with van der Waals surface area (Å²) < 4.78 is 8.14. The predicted octanol–water partition coefficient (Wildman–Crippen LogP) is 3.91. The fraction of sp³-hybridized carbons (Fsp3) is 0.389. The second-order valence-electron chi connectivity index (χ2n) is 6.53. The van der Waals surface area contributed by atoms with Gasteiger partial charge in [-0.15, -0.1) is 10.2 Å². The topological polar surface area (TPSA) is 106 Å². The number of aromatic nitrogens is 4. The van der Waals surface area contributed by atoms with Gasteiger partial charge < -0.3 is 14.6 Å². The summed E-state index contributed by atoms with van der Waals surface area (Å²) in [5.74, 6) is 0.998. The molecular weight excluding hydrogens is 492 g/mol. The largest absolute Gasteiger partial charge is 0.446 e. The lowest BCUT2D eigenvalue weighted by atomic mass is 10.3. The summed E-state index contributed by atoms with van der Waals surface area (Å²) >= 11 is 5.75. The Balaban J connectivity index is 1.67. The van der Waals surface area contributed by atoms with Crippen LogP contribution in [-0.4, -0.2) is 56.3 Å². The van der Waals surface area contributed by atoms with Crippen LogP contribution in [0, 0.1) is 6.92 Å². The minimum Gasteiger partial charge on any atom is -0.446 e. The van der Waals surface area contributed by atoms with Gasteiger partial charge in [-0.05, 0) is 41.4 Å². The van der Waals surface area contributed by atoms with Crippen LogP contribution in [0.25, 0.3) is 11.6 Å². The molecule has 1 N–H and O–H groups in total. The fourth-order valence-corrected chi connectivity index (χ4v) is 4.65. The molecule has 2 amide bonds. The number of halogens is 1. The van der Waals surface area contributed by atoms with E-state index in [-0.39, 0.29) is 17.6 Å². The molecule has 0 unspecified atom stereocenters. The molecule has 3 rings (SSSR count). The van der Waals surface area contributed by atoms with Gasteiger partial charge in [0.05, 0.1) is 11.4 Å². The van der Waals surface area contributed by atoms with Gasteiger partial charge in [-0.25, -0.2) is 4.98 Å². The van der Waals surface area contributed by atoms with Crippen molar-refractivity contribution in [2.75, 3.05) is 25.2 Å². The van der Waals surface area contributed by atoms with Crippen LogP contribution in [0.4, 0.5) is 5.13 Å². The van der Waals surface area contributed by atoms with E-state index in [0.717, 1.165) is 6.42 Å². The molecule has 0 saturated heterocycles. The Labute approximate surface area is 190 Å². The van der Waals surface area contributed by atoms with E-state index in [0.29, 0.717) is 43.7 Å². The van der Waals surface area contributed by atoms with Crippen LogP contribution < -0.4 is 5.32 Å². The number of hydrogen-bond donors (Lipinski definition) is 1. The van der Waals surface area contributed by atoms with E-state index in [1.807, 2.05) is 10.6 Å².